The first kappa shape index (κ1) is 9.65. The van der Waals surface area contributed by atoms with Crippen molar-refractivity contribution in [1.82, 2.24) is 14.8 Å². The first-order chi connectivity index (χ1) is 7.75. The van der Waals surface area contributed by atoms with Crippen molar-refractivity contribution in [2.45, 2.75) is 19.4 Å². The topological polar surface area (TPSA) is 68.8 Å². The zero-order chi connectivity index (χ0) is 11.1. The standard InChI is InChI=1S/C10H13N5S/c1-6-3-5-16-8(6)7-2-4-12-10-13-9(11)14-15(7)10/h3,5,7H,2,4H2,1H3,(H3,11,12,13,14). The Balaban J connectivity index is 2.08. The molecule has 0 radical (unpaired) electrons. The smallest absolute Gasteiger partial charge is 0.241 e. The zero-order valence-corrected chi connectivity index (χ0v) is 9.79. The van der Waals surface area contributed by atoms with Crippen molar-refractivity contribution in [1.29, 1.82) is 0 Å². The van der Waals surface area contributed by atoms with Crippen LogP contribution in [0.4, 0.5) is 11.9 Å². The van der Waals surface area contributed by atoms with E-state index in [1.807, 2.05) is 4.68 Å². The van der Waals surface area contributed by atoms with Crippen molar-refractivity contribution in [3.8, 4) is 0 Å². The number of nitrogens with two attached hydrogens (primary N) is 1. The second-order valence-corrected chi connectivity index (χ2v) is 4.88. The average Bonchev–Trinajstić information content (AvgIpc) is 2.82. The highest BCUT2D eigenvalue weighted by Gasteiger charge is 2.25. The number of rotatable bonds is 1. The molecule has 0 amide bonds. The molecule has 0 saturated carbocycles. The summed E-state index contributed by atoms with van der Waals surface area (Å²) in [6.07, 6.45) is 1.02. The van der Waals surface area contributed by atoms with Crippen LogP contribution in [0.25, 0.3) is 0 Å². The third-order valence-corrected chi connectivity index (χ3v) is 3.97. The number of nitrogens with zero attached hydrogens (tertiary/aromatic N) is 3. The minimum atomic E-state index is 0.279. The molecule has 0 aromatic carbocycles. The van der Waals surface area contributed by atoms with Gasteiger partial charge in [-0.05, 0) is 30.4 Å². The lowest BCUT2D eigenvalue weighted by Crippen LogP contribution is -2.24. The Morgan fingerprint density at radius 2 is 2.50 bits per heavy atom. The Kier molecular flexibility index (Phi) is 2.10. The second kappa shape index (κ2) is 3.48. The number of aromatic nitrogens is 3. The van der Waals surface area contributed by atoms with Crippen LogP contribution in [-0.4, -0.2) is 21.3 Å². The van der Waals surface area contributed by atoms with Gasteiger partial charge in [0.25, 0.3) is 0 Å². The number of fused-ring (bicyclic) bond motifs is 1. The molecule has 6 heteroatoms. The van der Waals surface area contributed by atoms with Gasteiger partial charge in [-0.1, -0.05) is 0 Å². The molecule has 1 atom stereocenters. The summed E-state index contributed by atoms with van der Waals surface area (Å²) in [5.74, 6) is 1.12. The summed E-state index contributed by atoms with van der Waals surface area (Å²) < 4.78 is 1.90. The molecule has 3 rings (SSSR count). The van der Waals surface area contributed by atoms with Gasteiger partial charge >= 0.3 is 0 Å². The summed E-state index contributed by atoms with van der Waals surface area (Å²) in [6.45, 7) is 3.05. The van der Waals surface area contributed by atoms with Crippen molar-refractivity contribution < 1.29 is 0 Å². The van der Waals surface area contributed by atoms with E-state index in [1.165, 1.54) is 10.4 Å². The van der Waals surface area contributed by atoms with Crippen LogP contribution >= 0.6 is 11.3 Å². The Labute approximate surface area is 97.3 Å². The van der Waals surface area contributed by atoms with Gasteiger partial charge in [0.05, 0.1) is 6.04 Å². The monoisotopic (exact) mass is 235 g/mol. The van der Waals surface area contributed by atoms with E-state index in [4.69, 9.17) is 5.73 Å². The molecule has 0 fully saturated rings. The molecule has 0 saturated heterocycles. The number of thiophene rings is 1. The van der Waals surface area contributed by atoms with E-state index in [-0.39, 0.29) is 6.04 Å². The molecule has 0 bridgehead atoms. The zero-order valence-electron chi connectivity index (χ0n) is 8.97. The molecule has 1 unspecified atom stereocenters. The van der Waals surface area contributed by atoms with E-state index in [0.717, 1.165) is 18.9 Å². The molecule has 1 aliphatic heterocycles. The van der Waals surface area contributed by atoms with Gasteiger partial charge in [0.15, 0.2) is 0 Å². The third-order valence-electron chi connectivity index (χ3n) is 2.85. The lowest BCUT2D eigenvalue weighted by Gasteiger charge is -2.23. The Hall–Kier alpha value is -1.56. The van der Waals surface area contributed by atoms with Crippen molar-refractivity contribution >= 4 is 23.2 Å². The third kappa shape index (κ3) is 1.37. The molecule has 3 heterocycles. The van der Waals surface area contributed by atoms with Gasteiger partial charge in [-0.25, -0.2) is 4.68 Å². The number of hydrogen-bond donors (Lipinski definition) is 2. The average molecular weight is 235 g/mol. The lowest BCUT2D eigenvalue weighted by molar-refractivity contribution is 0.486. The summed E-state index contributed by atoms with van der Waals surface area (Å²) in [4.78, 5) is 5.52. The largest absolute Gasteiger partial charge is 0.366 e. The van der Waals surface area contributed by atoms with Crippen molar-refractivity contribution in [2.75, 3.05) is 17.6 Å². The van der Waals surface area contributed by atoms with Crippen molar-refractivity contribution in [3.63, 3.8) is 0 Å². The van der Waals surface area contributed by atoms with Crippen LogP contribution in [0.15, 0.2) is 11.4 Å². The number of aryl methyl sites for hydroxylation is 1. The van der Waals surface area contributed by atoms with Gasteiger partial charge in [0, 0.05) is 11.4 Å². The first-order valence-electron chi connectivity index (χ1n) is 5.25. The van der Waals surface area contributed by atoms with Crippen LogP contribution in [0, 0.1) is 6.92 Å². The van der Waals surface area contributed by atoms with Crippen molar-refractivity contribution in [2.24, 2.45) is 0 Å². The van der Waals surface area contributed by atoms with Crippen LogP contribution in [-0.2, 0) is 0 Å². The molecular weight excluding hydrogens is 222 g/mol. The quantitative estimate of drug-likeness (QED) is 0.788. The van der Waals surface area contributed by atoms with E-state index in [0.29, 0.717) is 5.95 Å². The molecule has 1 aliphatic rings. The fraction of sp³-hybridized carbons (Fsp3) is 0.400. The second-order valence-electron chi connectivity index (χ2n) is 3.94. The molecule has 84 valence electrons. The van der Waals surface area contributed by atoms with Crippen LogP contribution in [0.5, 0.6) is 0 Å². The molecule has 0 aliphatic carbocycles. The number of anilines is 2. The molecule has 3 N–H and O–H groups in total. The normalized spacial score (nSPS) is 19.2. The van der Waals surface area contributed by atoms with E-state index in [2.05, 4.69) is 33.8 Å². The number of hydrogen-bond acceptors (Lipinski definition) is 5. The van der Waals surface area contributed by atoms with Gasteiger partial charge in [0.2, 0.25) is 11.9 Å². The van der Waals surface area contributed by atoms with E-state index in [1.54, 1.807) is 11.3 Å². The number of nitrogens with one attached hydrogen (secondary N) is 1. The summed E-state index contributed by atoms with van der Waals surface area (Å²) >= 11 is 1.77. The molecule has 2 aromatic rings. The Morgan fingerprint density at radius 1 is 1.62 bits per heavy atom. The van der Waals surface area contributed by atoms with Gasteiger partial charge in [-0.2, -0.15) is 4.98 Å². The highest BCUT2D eigenvalue weighted by Crippen LogP contribution is 2.33. The summed E-state index contributed by atoms with van der Waals surface area (Å²) in [7, 11) is 0. The summed E-state index contributed by atoms with van der Waals surface area (Å²) in [5, 5.41) is 9.58. The lowest BCUT2D eigenvalue weighted by atomic mass is 10.1. The van der Waals surface area contributed by atoms with Gasteiger partial charge in [-0.3, -0.25) is 0 Å². The molecule has 16 heavy (non-hydrogen) atoms. The van der Waals surface area contributed by atoms with E-state index < -0.39 is 0 Å². The molecule has 2 aromatic heterocycles. The van der Waals surface area contributed by atoms with Crippen LogP contribution in [0.1, 0.15) is 22.9 Å². The molecule has 0 spiro atoms. The maximum atomic E-state index is 5.63. The molecular formula is C10H13N5S. The fourth-order valence-electron chi connectivity index (χ4n) is 2.09. The maximum Gasteiger partial charge on any atom is 0.241 e. The van der Waals surface area contributed by atoms with Gasteiger partial charge in [-0.15, -0.1) is 16.4 Å². The highest BCUT2D eigenvalue weighted by atomic mass is 32.1. The summed E-state index contributed by atoms with van der Waals surface area (Å²) in [5.41, 5.74) is 6.95. The van der Waals surface area contributed by atoms with Crippen LogP contribution in [0.2, 0.25) is 0 Å². The first-order valence-corrected chi connectivity index (χ1v) is 6.13. The Morgan fingerprint density at radius 3 is 3.25 bits per heavy atom. The van der Waals surface area contributed by atoms with Crippen LogP contribution in [0.3, 0.4) is 0 Å². The van der Waals surface area contributed by atoms with E-state index in [9.17, 15) is 0 Å². The predicted octanol–water partition coefficient (Wildman–Crippen LogP) is 1.64. The van der Waals surface area contributed by atoms with E-state index >= 15 is 0 Å². The SMILES string of the molecule is Cc1ccsc1C1CCNc2nc(N)nn21. The highest BCUT2D eigenvalue weighted by molar-refractivity contribution is 7.10. The van der Waals surface area contributed by atoms with Gasteiger partial charge in [0.1, 0.15) is 0 Å². The summed E-state index contributed by atoms with van der Waals surface area (Å²) in [6, 6.07) is 2.42. The predicted molar refractivity (Wildman–Crippen MR) is 64.7 cm³/mol. The Bertz CT molecular complexity index is 515. The minimum Gasteiger partial charge on any atom is -0.366 e. The van der Waals surface area contributed by atoms with Crippen molar-refractivity contribution in [3.05, 3.63) is 21.9 Å². The minimum absolute atomic E-state index is 0.279. The fourth-order valence-corrected chi connectivity index (χ4v) is 3.14. The number of nitrogen functional groups attached to an aromatic ring is 1. The van der Waals surface area contributed by atoms with Gasteiger partial charge < -0.3 is 11.1 Å². The molecule has 5 nitrogen and oxygen atoms in total. The van der Waals surface area contributed by atoms with Crippen LogP contribution < -0.4 is 11.1 Å². The maximum absolute atomic E-state index is 5.63.